The van der Waals surface area contributed by atoms with E-state index in [2.05, 4.69) is 10.6 Å². The van der Waals surface area contributed by atoms with E-state index in [0.717, 1.165) is 25.7 Å². The molecule has 182 valence electrons. The number of rotatable bonds is 9. The van der Waals surface area contributed by atoms with Gasteiger partial charge in [0.1, 0.15) is 29.2 Å². The van der Waals surface area contributed by atoms with Gasteiger partial charge in [-0.3, -0.25) is 23.5 Å². The third-order valence-corrected chi connectivity index (χ3v) is 6.70. The lowest BCUT2D eigenvalue weighted by molar-refractivity contribution is -0.125. The Balaban J connectivity index is 1.66. The van der Waals surface area contributed by atoms with Crippen molar-refractivity contribution in [3.63, 3.8) is 0 Å². The number of benzene rings is 2. The van der Waals surface area contributed by atoms with Crippen molar-refractivity contribution in [3.05, 3.63) is 60.2 Å². The topological polar surface area (TPSA) is 95.6 Å². The molecule has 2 aromatic rings. The predicted molar refractivity (Wildman–Crippen MR) is 127 cm³/mol. The Morgan fingerprint density at radius 1 is 0.971 bits per heavy atom. The van der Waals surface area contributed by atoms with Crippen molar-refractivity contribution in [2.24, 2.45) is 0 Å². The number of carbonyl (C=O) groups excluding carboxylic acids is 3. The lowest BCUT2D eigenvalue weighted by Gasteiger charge is -2.29. The molecule has 0 aliphatic heterocycles. The molecule has 2 N–H and O–H groups in total. The van der Waals surface area contributed by atoms with E-state index in [1.54, 1.807) is 6.92 Å². The number of amides is 3. The number of carbonyl (C=O) groups is 3. The molecule has 1 aliphatic carbocycles. The highest BCUT2D eigenvalue weighted by atomic mass is 32.2. The maximum atomic E-state index is 13.4. The van der Waals surface area contributed by atoms with Crippen LogP contribution >= 0.6 is 0 Å². The monoisotopic (exact) mass is 491 g/mol. The number of hydrogen-bond acceptors (Lipinski definition) is 4. The Kier molecular flexibility index (Phi) is 8.86. The third-order valence-electron chi connectivity index (χ3n) is 5.55. The second-order valence-corrected chi connectivity index (χ2v) is 9.65. The van der Waals surface area contributed by atoms with E-state index in [9.17, 15) is 27.4 Å². The van der Waals surface area contributed by atoms with Gasteiger partial charge in [-0.1, -0.05) is 12.8 Å². The highest BCUT2D eigenvalue weighted by Crippen LogP contribution is 2.21. The summed E-state index contributed by atoms with van der Waals surface area (Å²) in [5, 5.41) is 5.43. The standard InChI is InChI=1S/C24H27F2N3O4S/c1-16(24(32)28-19-4-2-3-5-19)29(21-12-8-18(26)9-13-21)23(31)15-34(33)14-22(30)27-20-10-6-17(25)7-11-20/h6-13,16,19H,2-5,14-15H2,1H3,(H,27,30)(H,28,32)/t16-,34-/m0/s1. The first-order chi connectivity index (χ1) is 16.2. The third kappa shape index (κ3) is 7.18. The molecule has 2 atom stereocenters. The van der Waals surface area contributed by atoms with Crippen LogP contribution in [0.5, 0.6) is 0 Å². The van der Waals surface area contributed by atoms with Gasteiger partial charge in [0.15, 0.2) is 0 Å². The Hall–Kier alpha value is -3.14. The minimum absolute atomic E-state index is 0.0457. The summed E-state index contributed by atoms with van der Waals surface area (Å²) >= 11 is 0. The molecule has 10 heteroatoms. The molecular formula is C24H27F2N3O4S. The fourth-order valence-corrected chi connectivity index (χ4v) is 4.71. The SMILES string of the molecule is C[C@@H](C(=O)NC1CCCC1)N(C(=O)C[S@@](=O)CC(=O)Nc1ccc(F)cc1)c1ccc(F)cc1. The van der Waals surface area contributed by atoms with E-state index in [1.807, 2.05) is 0 Å². The van der Waals surface area contributed by atoms with Gasteiger partial charge in [0.05, 0.1) is 0 Å². The fraction of sp³-hybridized carbons (Fsp3) is 0.375. The van der Waals surface area contributed by atoms with Crippen molar-refractivity contribution in [1.29, 1.82) is 0 Å². The molecule has 2 aromatic carbocycles. The van der Waals surface area contributed by atoms with Crippen LogP contribution in [0.4, 0.5) is 20.2 Å². The van der Waals surface area contributed by atoms with E-state index in [1.165, 1.54) is 53.4 Å². The molecule has 1 fully saturated rings. The van der Waals surface area contributed by atoms with E-state index in [-0.39, 0.29) is 17.6 Å². The second-order valence-electron chi connectivity index (χ2n) is 8.19. The van der Waals surface area contributed by atoms with Gasteiger partial charge >= 0.3 is 0 Å². The Morgan fingerprint density at radius 2 is 1.53 bits per heavy atom. The summed E-state index contributed by atoms with van der Waals surface area (Å²) in [5.74, 6) is -3.51. The van der Waals surface area contributed by atoms with Crippen LogP contribution in [0.3, 0.4) is 0 Å². The summed E-state index contributed by atoms with van der Waals surface area (Å²) in [6, 6.07) is 9.28. The first-order valence-corrected chi connectivity index (χ1v) is 12.5. The van der Waals surface area contributed by atoms with Crippen LogP contribution in [0.25, 0.3) is 0 Å². The molecule has 0 radical (unpaired) electrons. The zero-order chi connectivity index (χ0) is 24.7. The molecule has 1 aliphatic rings. The van der Waals surface area contributed by atoms with Crippen LogP contribution in [-0.4, -0.2) is 45.5 Å². The minimum atomic E-state index is -1.87. The van der Waals surface area contributed by atoms with Gasteiger partial charge in [0, 0.05) is 28.2 Å². The van der Waals surface area contributed by atoms with Gasteiger partial charge in [-0.15, -0.1) is 0 Å². The predicted octanol–water partition coefficient (Wildman–Crippen LogP) is 3.13. The number of nitrogens with zero attached hydrogens (tertiary/aromatic N) is 1. The largest absolute Gasteiger partial charge is 0.352 e. The maximum Gasteiger partial charge on any atom is 0.243 e. The smallest absolute Gasteiger partial charge is 0.243 e. The van der Waals surface area contributed by atoms with Crippen LogP contribution in [-0.2, 0) is 25.2 Å². The summed E-state index contributed by atoms with van der Waals surface area (Å²) < 4.78 is 39.0. The zero-order valence-electron chi connectivity index (χ0n) is 18.8. The van der Waals surface area contributed by atoms with Gasteiger partial charge in [-0.2, -0.15) is 0 Å². The molecule has 0 heterocycles. The van der Waals surface area contributed by atoms with Gasteiger partial charge in [-0.05, 0) is 68.3 Å². The summed E-state index contributed by atoms with van der Waals surface area (Å²) in [7, 11) is -1.87. The van der Waals surface area contributed by atoms with Crippen molar-refractivity contribution < 1.29 is 27.4 Å². The molecule has 3 rings (SSSR count). The van der Waals surface area contributed by atoms with Gasteiger partial charge in [0.25, 0.3) is 0 Å². The number of nitrogens with one attached hydrogen (secondary N) is 2. The quantitative estimate of drug-likeness (QED) is 0.564. The van der Waals surface area contributed by atoms with Crippen LogP contribution in [0, 0.1) is 11.6 Å². The van der Waals surface area contributed by atoms with E-state index in [4.69, 9.17) is 0 Å². The molecule has 1 saturated carbocycles. The lowest BCUT2D eigenvalue weighted by atomic mass is 10.1. The van der Waals surface area contributed by atoms with Gasteiger partial charge in [0.2, 0.25) is 17.7 Å². The van der Waals surface area contributed by atoms with Gasteiger partial charge in [-0.25, -0.2) is 8.78 Å². The molecule has 0 spiro atoms. The van der Waals surface area contributed by atoms with Crippen molar-refractivity contribution in [1.82, 2.24) is 5.32 Å². The highest BCUT2D eigenvalue weighted by molar-refractivity contribution is 7.86. The molecule has 0 aromatic heterocycles. The summed E-state index contributed by atoms with van der Waals surface area (Å²) in [5.41, 5.74) is 0.619. The zero-order valence-corrected chi connectivity index (χ0v) is 19.6. The van der Waals surface area contributed by atoms with E-state index >= 15 is 0 Å². The lowest BCUT2D eigenvalue weighted by Crippen LogP contribution is -2.51. The van der Waals surface area contributed by atoms with E-state index in [0.29, 0.717) is 5.69 Å². The van der Waals surface area contributed by atoms with Gasteiger partial charge < -0.3 is 10.6 Å². The fourth-order valence-electron chi connectivity index (χ4n) is 3.83. The number of halogens is 2. The molecule has 0 bridgehead atoms. The molecular weight excluding hydrogens is 464 g/mol. The first-order valence-electron chi connectivity index (χ1n) is 11.0. The molecule has 34 heavy (non-hydrogen) atoms. The number of hydrogen-bond donors (Lipinski definition) is 2. The maximum absolute atomic E-state index is 13.4. The van der Waals surface area contributed by atoms with Crippen LogP contribution in [0.1, 0.15) is 32.6 Å². The Morgan fingerprint density at radius 3 is 2.12 bits per heavy atom. The van der Waals surface area contributed by atoms with Crippen LogP contribution in [0.2, 0.25) is 0 Å². The molecule has 3 amide bonds. The van der Waals surface area contributed by atoms with Crippen LogP contribution in [0.15, 0.2) is 48.5 Å². The van der Waals surface area contributed by atoms with Crippen molar-refractivity contribution >= 4 is 39.9 Å². The van der Waals surface area contributed by atoms with Crippen molar-refractivity contribution in [3.8, 4) is 0 Å². The molecule has 0 saturated heterocycles. The van der Waals surface area contributed by atoms with Crippen LogP contribution < -0.4 is 15.5 Å². The van der Waals surface area contributed by atoms with Crippen molar-refractivity contribution in [2.45, 2.75) is 44.7 Å². The van der Waals surface area contributed by atoms with Crippen molar-refractivity contribution in [2.75, 3.05) is 21.7 Å². The minimum Gasteiger partial charge on any atom is -0.352 e. The molecule has 7 nitrogen and oxygen atoms in total. The normalized spacial score (nSPS) is 15.4. The average molecular weight is 492 g/mol. The number of anilines is 2. The highest BCUT2D eigenvalue weighted by Gasteiger charge is 2.30. The Labute approximate surface area is 199 Å². The summed E-state index contributed by atoms with van der Waals surface area (Å²) in [6.45, 7) is 1.55. The Bertz CT molecular complexity index is 1040. The molecule has 0 unspecified atom stereocenters. The summed E-state index contributed by atoms with van der Waals surface area (Å²) in [6.07, 6.45) is 3.80. The van der Waals surface area contributed by atoms with E-state index < -0.39 is 51.8 Å². The second kappa shape index (κ2) is 11.8. The summed E-state index contributed by atoms with van der Waals surface area (Å²) in [4.78, 5) is 39.3. The average Bonchev–Trinajstić information content (AvgIpc) is 3.29. The first kappa shape index (κ1) is 25.5.